The second kappa shape index (κ2) is 9.40. The number of carbonyl (C=O) groups is 2. The monoisotopic (exact) mass is 482 g/mol. The predicted octanol–water partition coefficient (Wildman–Crippen LogP) is 3.90. The van der Waals surface area contributed by atoms with Crippen molar-refractivity contribution in [1.29, 1.82) is 0 Å². The first-order chi connectivity index (χ1) is 14.7. The Balaban J connectivity index is 1.97. The lowest BCUT2D eigenvalue weighted by atomic mass is 10.2. The lowest BCUT2D eigenvalue weighted by Crippen LogP contribution is -2.45. The van der Waals surface area contributed by atoms with Crippen molar-refractivity contribution < 1.29 is 22.7 Å². The van der Waals surface area contributed by atoms with Gasteiger partial charge in [-0.25, -0.2) is 13.3 Å². The third-order valence-corrected chi connectivity index (χ3v) is 7.26. The van der Waals surface area contributed by atoms with Crippen LogP contribution >= 0.6 is 23.2 Å². The van der Waals surface area contributed by atoms with Gasteiger partial charge in [0, 0.05) is 11.6 Å². The van der Waals surface area contributed by atoms with Crippen LogP contribution in [0.5, 0.6) is 5.75 Å². The van der Waals surface area contributed by atoms with Crippen molar-refractivity contribution in [1.82, 2.24) is 4.31 Å². The Morgan fingerprint density at radius 3 is 2.48 bits per heavy atom. The summed E-state index contributed by atoms with van der Waals surface area (Å²) in [4.78, 5) is 26.6. The molecule has 31 heavy (non-hydrogen) atoms. The number of carbonyl (C=O) groups excluding carboxylic acids is 2. The van der Waals surface area contributed by atoms with Gasteiger partial charge in [0.1, 0.15) is 16.7 Å². The van der Waals surface area contributed by atoms with Crippen LogP contribution in [0.4, 0.5) is 5.69 Å². The summed E-state index contributed by atoms with van der Waals surface area (Å²) in [5, 5.41) is 0.130. The maximum atomic E-state index is 13.3. The molecule has 10 heteroatoms. The van der Waals surface area contributed by atoms with Crippen LogP contribution in [0.1, 0.15) is 13.3 Å². The summed E-state index contributed by atoms with van der Waals surface area (Å²) >= 11 is 12.1. The van der Waals surface area contributed by atoms with Gasteiger partial charge in [-0.05, 0) is 49.4 Å². The van der Waals surface area contributed by atoms with Gasteiger partial charge >= 0.3 is 0 Å². The van der Waals surface area contributed by atoms with Crippen LogP contribution < -0.4 is 9.64 Å². The Kier molecular flexibility index (Phi) is 7.06. The summed E-state index contributed by atoms with van der Waals surface area (Å²) in [6, 6.07) is 9.20. The van der Waals surface area contributed by atoms with E-state index in [1.165, 1.54) is 24.3 Å². The number of rotatable bonds is 8. The van der Waals surface area contributed by atoms with Gasteiger partial charge < -0.3 is 4.74 Å². The average molecular weight is 483 g/mol. The van der Waals surface area contributed by atoms with E-state index in [0.29, 0.717) is 18.0 Å². The minimum Gasteiger partial charge on any atom is -0.494 e. The molecule has 0 N–H and O–H groups in total. The van der Waals surface area contributed by atoms with E-state index in [1.54, 1.807) is 24.3 Å². The zero-order valence-corrected chi connectivity index (χ0v) is 19.0. The summed E-state index contributed by atoms with van der Waals surface area (Å²) in [5.74, 6) is -0.577. The number of benzene rings is 2. The van der Waals surface area contributed by atoms with Crippen LogP contribution in [0.2, 0.25) is 10.0 Å². The zero-order valence-electron chi connectivity index (χ0n) is 16.6. The molecule has 2 aromatic carbocycles. The molecule has 1 heterocycles. The van der Waals surface area contributed by atoms with Crippen molar-refractivity contribution in [3.8, 4) is 5.75 Å². The third-order valence-electron chi connectivity index (χ3n) is 4.67. The van der Waals surface area contributed by atoms with Gasteiger partial charge in [-0.1, -0.05) is 29.3 Å². The van der Waals surface area contributed by atoms with Crippen molar-refractivity contribution in [2.24, 2.45) is 0 Å². The molecule has 2 amide bonds. The van der Waals surface area contributed by atoms with Crippen molar-refractivity contribution >= 4 is 50.7 Å². The number of imide groups is 1. The highest BCUT2D eigenvalue weighted by atomic mass is 35.5. The van der Waals surface area contributed by atoms with E-state index in [4.69, 9.17) is 27.9 Å². The van der Waals surface area contributed by atoms with Gasteiger partial charge in [-0.3, -0.25) is 9.59 Å². The van der Waals surface area contributed by atoms with Crippen LogP contribution in [-0.4, -0.2) is 43.7 Å². The molecule has 1 aliphatic heterocycles. The Labute approximate surface area is 190 Å². The number of amides is 2. The minimum atomic E-state index is -4.25. The van der Waals surface area contributed by atoms with Gasteiger partial charge in [0.2, 0.25) is 15.9 Å². The quantitative estimate of drug-likeness (QED) is 0.420. The van der Waals surface area contributed by atoms with E-state index < -0.39 is 27.9 Å². The maximum Gasteiger partial charge on any atom is 0.252 e. The molecular formula is C21H20Cl2N2O5S. The van der Waals surface area contributed by atoms with E-state index >= 15 is 0 Å². The van der Waals surface area contributed by atoms with E-state index in [-0.39, 0.29) is 27.9 Å². The highest BCUT2D eigenvalue weighted by molar-refractivity contribution is 7.89. The molecule has 1 atom stereocenters. The smallest absolute Gasteiger partial charge is 0.252 e. The topological polar surface area (TPSA) is 84.0 Å². The van der Waals surface area contributed by atoms with Gasteiger partial charge in [0.05, 0.1) is 23.7 Å². The molecule has 2 aromatic rings. The fraction of sp³-hybridized carbons (Fsp3) is 0.238. The van der Waals surface area contributed by atoms with Crippen molar-refractivity contribution in [3.63, 3.8) is 0 Å². The van der Waals surface area contributed by atoms with E-state index in [1.807, 2.05) is 6.92 Å². The van der Waals surface area contributed by atoms with Crippen LogP contribution in [0.25, 0.3) is 0 Å². The van der Waals surface area contributed by atoms with Crippen LogP contribution in [-0.2, 0) is 19.6 Å². The Morgan fingerprint density at radius 2 is 1.87 bits per heavy atom. The maximum absolute atomic E-state index is 13.3. The van der Waals surface area contributed by atoms with E-state index in [2.05, 4.69) is 6.58 Å². The van der Waals surface area contributed by atoms with E-state index in [9.17, 15) is 18.0 Å². The summed E-state index contributed by atoms with van der Waals surface area (Å²) in [7, 11) is -4.25. The molecule has 164 valence electrons. The highest BCUT2D eigenvalue weighted by Gasteiger charge is 2.47. The van der Waals surface area contributed by atoms with Crippen LogP contribution in [0, 0.1) is 0 Å². The normalized spacial score (nSPS) is 16.8. The molecule has 0 spiro atoms. The van der Waals surface area contributed by atoms with Gasteiger partial charge in [-0.15, -0.1) is 6.58 Å². The third kappa shape index (κ3) is 4.62. The van der Waals surface area contributed by atoms with Gasteiger partial charge in [0.25, 0.3) is 5.91 Å². The Morgan fingerprint density at radius 1 is 1.19 bits per heavy atom. The number of hydrogen-bond donors (Lipinski definition) is 0. The molecule has 1 fully saturated rings. The number of nitrogens with zero attached hydrogens (tertiary/aromatic N) is 2. The summed E-state index contributed by atoms with van der Waals surface area (Å²) in [6.45, 7) is 5.71. The second-order valence-electron chi connectivity index (χ2n) is 6.65. The molecule has 0 bridgehead atoms. The Hall–Kier alpha value is -2.39. The van der Waals surface area contributed by atoms with Gasteiger partial charge in [0.15, 0.2) is 0 Å². The van der Waals surface area contributed by atoms with E-state index in [0.717, 1.165) is 9.21 Å². The fourth-order valence-corrected chi connectivity index (χ4v) is 5.58. The SMILES string of the molecule is C=CCN(C1CC(=O)N(c2ccc(OCC)cc2)C1=O)S(=O)(=O)c1cc(Cl)ccc1Cl. The first-order valence-corrected chi connectivity index (χ1v) is 11.6. The van der Waals surface area contributed by atoms with Crippen LogP contribution in [0.3, 0.4) is 0 Å². The standard InChI is InChI=1S/C21H20Cl2N2O5S/c1-3-11-24(31(28,29)19-12-14(22)5-10-17(19)23)18-13-20(26)25(21(18)27)15-6-8-16(9-7-15)30-4-2/h3,5-10,12,18H,1,4,11,13H2,2H3. The molecule has 1 saturated heterocycles. The number of halogens is 2. The average Bonchev–Trinajstić information content (AvgIpc) is 3.02. The molecule has 0 aromatic heterocycles. The predicted molar refractivity (Wildman–Crippen MR) is 119 cm³/mol. The fourth-order valence-electron chi connectivity index (χ4n) is 3.29. The zero-order chi connectivity index (χ0) is 22.8. The summed E-state index contributed by atoms with van der Waals surface area (Å²) in [6.07, 6.45) is 1.03. The first-order valence-electron chi connectivity index (χ1n) is 9.38. The lowest BCUT2D eigenvalue weighted by molar-refractivity contribution is -0.122. The molecule has 1 unspecified atom stereocenters. The number of ether oxygens (including phenoxy) is 1. The summed E-state index contributed by atoms with van der Waals surface area (Å²) in [5.41, 5.74) is 0.331. The lowest BCUT2D eigenvalue weighted by Gasteiger charge is -2.26. The molecule has 3 rings (SSSR count). The molecular weight excluding hydrogens is 463 g/mol. The second-order valence-corrected chi connectivity index (χ2v) is 9.35. The molecule has 0 radical (unpaired) electrons. The largest absolute Gasteiger partial charge is 0.494 e. The minimum absolute atomic E-state index is 0.0430. The molecule has 1 aliphatic rings. The van der Waals surface area contributed by atoms with Crippen molar-refractivity contribution in [2.45, 2.75) is 24.3 Å². The van der Waals surface area contributed by atoms with Crippen molar-refractivity contribution in [2.75, 3.05) is 18.1 Å². The summed E-state index contributed by atoms with van der Waals surface area (Å²) < 4.78 is 33.0. The Bertz CT molecular complexity index is 1120. The number of sulfonamides is 1. The molecule has 7 nitrogen and oxygen atoms in total. The molecule has 0 aliphatic carbocycles. The van der Waals surface area contributed by atoms with Gasteiger partial charge in [-0.2, -0.15) is 4.31 Å². The van der Waals surface area contributed by atoms with Crippen LogP contribution in [0.15, 0.2) is 60.0 Å². The number of hydrogen-bond acceptors (Lipinski definition) is 5. The first kappa shape index (κ1) is 23.3. The van der Waals surface area contributed by atoms with Crippen molar-refractivity contribution in [3.05, 3.63) is 65.2 Å². The molecule has 0 saturated carbocycles. The highest BCUT2D eigenvalue weighted by Crippen LogP contribution is 2.33. The number of anilines is 1.